The molecule has 2 rings (SSSR count). The Bertz CT molecular complexity index is 557. The van der Waals surface area contributed by atoms with Crippen LogP contribution in [0.25, 0.3) is 0 Å². The first kappa shape index (κ1) is 16.3. The number of hydrogen-bond acceptors (Lipinski definition) is 3. The molecule has 1 N–H and O–H groups in total. The fourth-order valence-corrected chi connectivity index (χ4v) is 2.94. The molecule has 5 nitrogen and oxygen atoms in total. The summed E-state index contributed by atoms with van der Waals surface area (Å²) in [6, 6.07) is 7.64. The zero-order chi connectivity index (χ0) is 16.2. The van der Waals surface area contributed by atoms with Crippen LogP contribution in [-0.2, 0) is 16.0 Å². The van der Waals surface area contributed by atoms with Crippen molar-refractivity contribution in [1.29, 1.82) is 0 Å². The Kier molecular flexibility index (Phi) is 5.06. The van der Waals surface area contributed by atoms with Crippen LogP contribution >= 0.6 is 0 Å². The van der Waals surface area contributed by atoms with Gasteiger partial charge in [-0.25, -0.2) is 0 Å². The van der Waals surface area contributed by atoms with Crippen molar-refractivity contribution in [3.8, 4) is 5.75 Å². The highest BCUT2D eigenvalue weighted by atomic mass is 16.5. The molecule has 1 aliphatic heterocycles. The van der Waals surface area contributed by atoms with Crippen LogP contribution in [0.2, 0.25) is 0 Å². The van der Waals surface area contributed by atoms with Crippen molar-refractivity contribution in [3.63, 3.8) is 0 Å². The van der Waals surface area contributed by atoms with Gasteiger partial charge >= 0.3 is 5.97 Å². The van der Waals surface area contributed by atoms with Crippen LogP contribution in [0.1, 0.15) is 31.7 Å². The highest BCUT2D eigenvalue weighted by Crippen LogP contribution is 2.30. The average Bonchev–Trinajstić information content (AvgIpc) is 2.52. The monoisotopic (exact) mass is 305 g/mol. The molecule has 22 heavy (non-hydrogen) atoms. The number of carbonyl (C=O) groups is 2. The van der Waals surface area contributed by atoms with Crippen LogP contribution in [0.15, 0.2) is 24.3 Å². The van der Waals surface area contributed by atoms with Gasteiger partial charge in [0.2, 0.25) is 5.91 Å². The van der Waals surface area contributed by atoms with Crippen LogP contribution < -0.4 is 4.74 Å². The highest BCUT2D eigenvalue weighted by molar-refractivity contribution is 5.79. The Morgan fingerprint density at radius 2 is 2.09 bits per heavy atom. The van der Waals surface area contributed by atoms with Crippen molar-refractivity contribution >= 4 is 11.9 Å². The Labute approximate surface area is 130 Å². The molecule has 0 aromatic heterocycles. The van der Waals surface area contributed by atoms with E-state index in [1.165, 1.54) is 0 Å². The molecule has 0 radical (unpaired) electrons. The van der Waals surface area contributed by atoms with Gasteiger partial charge < -0.3 is 14.7 Å². The number of hydrogen-bond donors (Lipinski definition) is 1. The minimum absolute atomic E-state index is 0.0121. The van der Waals surface area contributed by atoms with Crippen LogP contribution in [0.4, 0.5) is 0 Å². The molecular weight excluding hydrogens is 282 g/mol. The molecule has 5 heteroatoms. The van der Waals surface area contributed by atoms with Crippen LogP contribution in [0.5, 0.6) is 5.75 Å². The molecule has 120 valence electrons. The number of piperidine rings is 1. The number of rotatable bonds is 5. The Morgan fingerprint density at radius 3 is 2.77 bits per heavy atom. The standard InChI is InChI=1S/C17H23NO4/c1-17(16(20)21)10-5-11-18(12-17)15(19)9-8-13-6-3-4-7-14(13)22-2/h3-4,6-7H,5,8-12H2,1-2H3,(H,20,21). The Morgan fingerprint density at radius 1 is 1.36 bits per heavy atom. The van der Waals surface area contributed by atoms with E-state index < -0.39 is 11.4 Å². The van der Waals surface area contributed by atoms with Gasteiger partial charge in [0.1, 0.15) is 5.75 Å². The first-order chi connectivity index (χ1) is 10.5. The van der Waals surface area contributed by atoms with E-state index in [9.17, 15) is 14.7 Å². The summed E-state index contributed by atoms with van der Waals surface area (Å²) in [7, 11) is 1.61. The van der Waals surface area contributed by atoms with Gasteiger partial charge in [-0.05, 0) is 37.8 Å². The van der Waals surface area contributed by atoms with Crippen molar-refractivity contribution in [1.82, 2.24) is 4.90 Å². The molecule has 1 saturated heterocycles. The van der Waals surface area contributed by atoms with Gasteiger partial charge in [-0.15, -0.1) is 0 Å². The molecule has 1 aromatic carbocycles. The number of ether oxygens (including phenoxy) is 1. The second-order valence-corrected chi connectivity index (χ2v) is 6.10. The molecule has 1 unspecified atom stereocenters. The maximum Gasteiger partial charge on any atom is 0.311 e. The predicted molar refractivity (Wildman–Crippen MR) is 82.9 cm³/mol. The lowest BCUT2D eigenvalue weighted by Crippen LogP contribution is -2.48. The summed E-state index contributed by atoms with van der Waals surface area (Å²) >= 11 is 0. The van der Waals surface area contributed by atoms with Gasteiger partial charge in [-0.1, -0.05) is 18.2 Å². The Balaban J connectivity index is 1.96. The van der Waals surface area contributed by atoms with Gasteiger partial charge in [-0.3, -0.25) is 9.59 Å². The van der Waals surface area contributed by atoms with Gasteiger partial charge in [0, 0.05) is 19.5 Å². The summed E-state index contributed by atoms with van der Waals surface area (Å²) in [6.45, 7) is 2.66. The van der Waals surface area contributed by atoms with Crippen molar-refractivity contribution < 1.29 is 19.4 Å². The maximum absolute atomic E-state index is 12.4. The summed E-state index contributed by atoms with van der Waals surface area (Å²) in [4.78, 5) is 25.4. The van der Waals surface area contributed by atoms with Crippen LogP contribution in [0.3, 0.4) is 0 Å². The van der Waals surface area contributed by atoms with Crippen molar-refractivity contribution in [2.24, 2.45) is 5.41 Å². The molecule has 0 spiro atoms. The smallest absolute Gasteiger partial charge is 0.311 e. The molecule has 0 bridgehead atoms. The third-order valence-corrected chi connectivity index (χ3v) is 4.37. The summed E-state index contributed by atoms with van der Waals surface area (Å²) < 4.78 is 5.29. The van der Waals surface area contributed by atoms with E-state index >= 15 is 0 Å². The summed E-state index contributed by atoms with van der Waals surface area (Å²) in [5.74, 6) is -0.0304. The number of benzene rings is 1. The molecule has 0 aliphatic carbocycles. The first-order valence-corrected chi connectivity index (χ1v) is 7.59. The van der Waals surface area contributed by atoms with Gasteiger partial charge in [-0.2, -0.15) is 0 Å². The second-order valence-electron chi connectivity index (χ2n) is 6.10. The molecule has 1 amide bonds. The topological polar surface area (TPSA) is 66.8 Å². The highest BCUT2D eigenvalue weighted by Gasteiger charge is 2.39. The van der Waals surface area contributed by atoms with Crippen molar-refractivity contribution in [2.75, 3.05) is 20.2 Å². The number of aliphatic carboxylic acids is 1. The second kappa shape index (κ2) is 6.81. The van der Waals surface area contributed by atoms with Crippen molar-refractivity contribution in [2.45, 2.75) is 32.6 Å². The molecular formula is C17H23NO4. The number of nitrogens with zero attached hydrogens (tertiary/aromatic N) is 1. The third kappa shape index (κ3) is 3.59. The van der Waals surface area contributed by atoms with E-state index in [0.717, 1.165) is 17.7 Å². The largest absolute Gasteiger partial charge is 0.496 e. The molecule has 0 saturated carbocycles. The molecule has 1 heterocycles. The van der Waals surface area contributed by atoms with E-state index in [1.54, 1.807) is 18.9 Å². The zero-order valence-electron chi connectivity index (χ0n) is 13.2. The normalized spacial score (nSPS) is 21.5. The summed E-state index contributed by atoms with van der Waals surface area (Å²) in [5, 5.41) is 9.32. The average molecular weight is 305 g/mol. The number of carboxylic acid groups (broad SMARTS) is 1. The SMILES string of the molecule is COc1ccccc1CCC(=O)N1CCCC(C)(C(=O)O)C1. The van der Waals surface area contributed by atoms with Gasteiger partial charge in [0.15, 0.2) is 0 Å². The van der Waals surface area contributed by atoms with Crippen LogP contribution in [-0.4, -0.2) is 42.1 Å². The van der Waals surface area contributed by atoms with E-state index in [-0.39, 0.29) is 5.91 Å². The minimum Gasteiger partial charge on any atom is -0.496 e. The number of carbonyl (C=O) groups excluding carboxylic acids is 1. The lowest BCUT2D eigenvalue weighted by Gasteiger charge is -2.37. The van der Waals surface area contributed by atoms with E-state index in [4.69, 9.17) is 4.74 Å². The predicted octanol–water partition coefficient (Wildman–Crippen LogP) is 2.34. The first-order valence-electron chi connectivity index (χ1n) is 7.59. The fourth-order valence-electron chi connectivity index (χ4n) is 2.94. The summed E-state index contributed by atoms with van der Waals surface area (Å²) in [5.41, 5.74) is 0.176. The lowest BCUT2D eigenvalue weighted by atomic mass is 9.82. The lowest BCUT2D eigenvalue weighted by molar-refractivity contribution is -0.153. The number of carboxylic acids is 1. The maximum atomic E-state index is 12.4. The fraction of sp³-hybridized carbons (Fsp3) is 0.529. The number of aryl methyl sites for hydroxylation is 1. The number of methoxy groups -OCH3 is 1. The minimum atomic E-state index is -0.824. The number of amides is 1. The summed E-state index contributed by atoms with van der Waals surface area (Å²) in [6.07, 6.45) is 2.33. The van der Waals surface area contributed by atoms with E-state index in [2.05, 4.69) is 0 Å². The molecule has 1 fully saturated rings. The van der Waals surface area contributed by atoms with E-state index in [0.29, 0.717) is 32.4 Å². The molecule has 1 atom stereocenters. The molecule has 1 aliphatic rings. The van der Waals surface area contributed by atoms with Crippen molar-refractivity contribution in [3.05, 3.63) is 29.8 Å². The molecule has 1 aromatic rings. The number of likely N-dealkylation sites (tertiary alicyclic amines) is 1. The zero-order valence-corrected chi connectivity index (χ0v) is 13.2. The van der Waals surface area contributed by atoms with Gasteiger partial charge in [0.25, 0.3) is 0 Å². The number of para-hydroxylation sites is 1. The van der Waals surface area contributed by atoms with Gasteiger partial charge in [0.05, 0.1) is 12.5 Å². The third-order valence-electron chi connectivity index (χ3n) is 4.37. The van der Waals surface area contributed by atoms with Crippen LogP contribution in [0, 0.1) is 5.41 Å². The van der Waals surface area contributed by atoms with E-state index in [1.807, 2.05) is 24.3 Å². The Hall–Kier alpha value is -2.04. The quantitative estimate of drug-likeness (QED) is 0.906.